The highest BCUT2D eigenvalue weighted by molar-refractivity contribution is 7.99. The second kappa shape index (κ2) is 6.38. The molecule has 0 saturated carbocycles. The highest BCUT2D eigenvalue weighted by Gasteiger charge is 2.45. The number of benzene rings is 2. The SMILES string of the molecule is C[C@]1(O)CC[C@](CSc2ccccc2)(c2ccccc2)NC1=O. The van der Waals surface area contributed by atoms with E-state index in [1.165, 1.54) is 4.90 Å². The van der Waals surface area contributed by atoms with Crippen molar-refractivity contribution in [3.05, 3.63) is 66.2 Å². The van der Waals surface area contributed by atoms with Crippen LogP contribution in [-0.4, -0.2) is 22.4 Å². The molecule has 0 spiro atoms. The van der Waals surface area contributed by atoms with Crippen molar-refractivity contribution < 1.29 is 9.90 Å². The Morgan fingerprint density at radius 1 is 1.04 bits per heavy atom. The first-order chi connectivity index (χ1) is 11.0. The van der Waals surface area contributed by atoms with E-state index in [2.05, 4.69) is 17.4 Å². The summed E-state index contributed by atoms with van der Waals surface area (Å²) in [6.45, 7) is 1.58. The summed E-state index contributed by atoms with van der Waals surface area (Å²) < 4.78 is 0. The Morgan fingerprint density at radius 2 is 1.65 bits per heavy atom. The highest BCUT2D eigenvalue weighted by Crippen LogP contribution is 2.38. The van der Waals surface area contributed by atoms with Crippen LogP contribution in [-0.2, 0) is 10.3 Å². The van der Waals surface area contributed by atoms with Crippen molar-refractivity contribution >= 4 is 17.7 Å². The van der Waals surface area contributed by atoms with Crippen LogP contribution in [0.4, 0.5) is 0 Å². The van der Waals surface area contributed by atoms with Crippen molar-refractivity contribution in [3.63, 3.8) is 0 Å². The smallest absolute Gasteiger partial charge is 0.252 e. The molecular weight excluding hydrogens is 306 g/mol. The van der Waals surface area contributed by atoms with Crippen LogP contribution in [0, 0.1) is 0 Å². The molecule has 1 saturated heterocycles. The fraction of sp³-hybridized carbons (Fsp3) is 0.316. The summed E-state index contributed by atoms with van der Waals surface area (Å²) in [5.41, 5.74) is -0.635. The minimum atomic E-state index is -1.28. The van der Waals surface area contributed by atoms with Crippen LogP contribution in [0.2, 0.25) is 0 Å². The summed E-state index contributed by atoms with van der Waals surface area (Å²) in [4.78, 5) is 13.5. The molecule has 4 heteroatoms. The number of piperidine rings is 1. The van der Waals surface area contributed by atoms with Crippen LogP contribution < -0.4 is 5.32 Å². The summed E-state index contributed by atoms with van der Waals surface area (Å²) >= 11 is 1.73. The number of hydrogen-bond acceptors (Lipinski definition) is 3. The molecular formula is C19H21NO2S. The normalized spacial score (nSPS) is 27.5. The largest absolute Gasteiger partial charge is 0.380 e. The molecule has 120 valence electrons. The number of carbonyl (C=O) groups is 1. The van der Waals surface area contributed by atoms with Gasteiger partial charge in [0.1, 0.15) is 5.60 Å². The predicted molar refractivity (Wildman–Crippen MR) is 93.3 cm³/mol. The first-order valence-electron chi connectivity index (χ1n) is 7.80. The molecule has 3 rings (SSSR count). The number of amides is 1. The average Bonchev–Trinajstić information content (AvgIpc) is 2.58. The third kappa shape index (κ3) is 3.43. The number of nitrogens with one attached hydrogen (secondary N) is 1. The van der Waals surface area contributed by atoms with Gasteiger partial charge in [-0.2, -0.15) is 0 Å². The van der Waals surface area contributed by atoms with Gasteiger partial charge in [0.25, 0.3) is 5.91 Å². The van der Waals surface area contributed by atoms with Gasteiger partial charge in [-0.3, -0.25) is 4.79 Å². The van der Waals surface area contributed by atoms with E-state index in [0.717, 1.165) is 17.7 Å². The molecule has 2 aromatic carbocycles. The van der Waals surface area contributed by atoms with Crippen molar-refractivity contribution in [2.24, 2.45) is 0 Å². The molecule has 0 unspecified atom stereocenters. The lowest BCUT2D eigenvalue weighted by atomic mass is 9.79. The third-order valence-electron chi connectivity index (χ3n) is 4.44. The number of aliphatic hydroxyl groups is 1. The molecule has 1 fully saturated rings. The minimum Gasteiger partial charge on any atom is -0.380 e. The Balaban J connectivity index is 1.87. The van der Waals surface area contributed by atoms with Gasteiger partial charge in [0.2, 0.25) is 0 Å². The molecule has 3 nitrogen and oxygen atoms in total. The fourth-order valence-corrected chi connectivity index (χ4v) is 4.02. The zero-order valence-corrected chi connectivity index (χ0v) is 14.0. The predicted octanol–water partition coefficient (Wildman–Crippen LogP) is 3.34. The second-order valence-electron chi connectivity index (χ2n) is 6.28. The van der Waals surface area contributed by atoms with Crippen LogP contribution in [0.15, 0.2) is 65.6 Å². The molecule has 0 bridgehead atoms. The summed E-state index contributed by atoms with van der Waals surface area (Å²) in [5.74, 6) is 0.448. The average molecular weight is 327 g/mol. The maximum atomic E-state index is 12.3. The number of carbonyl (C=O) groups excluding carboxylic acids is 1. The van der Waals surface area contributed by atoms with E-state index >= 15 is 0 Å². The van der Waals surface area contributed by atoms with Crippen LogP contribution in [0.5, 0.6) is 0 Å². The van der Waals surface area contributed by atoms with Gasteiger partial charge < -0.3 is 10.4 Å². The Morgan fingerprint density at radius 3 is 2.26 bits per heavy atom. The number of rotatable bonds is 4. The van der Waals surface area contributed by atoms with Gasteiger partial charge in [-0.1, -0.05) is 48.5 Å². The zero-order valence-electron chi connectivity index (χ0n) is 13.2. The first kappa shape index (κ1) is 16.1. The molecule has 0 radical (unpaired) electrons. The van der Waals surface area contributed by atoms with Crippen LogP contribution in [0.25, 0.3) is 0 Å². The van der Waals surface area contributed by atoms with E-state index in [1.54, 1.807) is 18.7 Å². The molecule has 1 heterocycles. The maximum absolute atomic E-state index is 12.3. The lowest BCUT2D eigenvalue weighted by Gasteiger charge is -2.43. The molecule has 2 aromatic rings. The lowest BCUT2D eigenvalue weighted by Crippen LogP contribution is -2.60. The van der Waals surface area contributed by atoms with Gasteiger partial charge in [-0.15, -0.1) is 11.8 Å². The number of hydrogen-bond donors (Lipinski definition) is 2. The second-order valence-corrected chi connectivity index (χ2v) is 7.33. The molecule has 1 aliphatic heterocycles. The standard InChI is InChI=1S/C19H21NO2S/c1-18(22)12-13-19(20-17(18)21,15-8-4-2-5-9-15)14-23-16-10-6-3-7-11-16/h2-11,22H,12-14H2,1H3,(H,20,21)/t18-,19-/m0/s1. The Labute approximate surface area is 141 Å². The topological polar surface area (TPSA) is 49.3 Å². The van der Waals surface area contributed by atoms with E-state index in [0.29, 0.717) is 6.42 Å². The number of thioether (sulfide) groups is 1. The van der Waals surface area contributed by atoms with Crippen molar-refractivity contribution in [2.75, 3.05) is 5.75 Å². The summed E-state index contributed by atoms with van der Waals surface area (Å²) in [7, 11) is 0. The monoisotopic (exact) mass is 327 g/mol. The quantitative estimate of drug-likeness (QED) is 0.847. The van der Waals surface area contributed by atoms with E-state index < -0.39 is 11.1 Å². The van der Waals surface area contributed by atoms with E-state index in [4.69, 9.17) is 0 Å². The van der Waals surface area contributed by atoms with Gasteiger partial charge in [0, 0.05) is 10.6 Å². The Hall–Kier alpha value is -1.78. The van der Waals surface area contributed by atoms with E-state index in [9.17, 15) is 9.90 Å². The molecule has 0 aromatic heterocycles. The van der Waals surface area contributed by atoms with Crippen LogP contribution in [0.3, 0.4) is 0 Å². The zero-order chi connectivity index (χ0) is 16.3. The van der Waals surface area contributed by atoms with Gasteiger partial charge in [-0.25, -0.2) is 0 Å². The minimum absolute atomic E-state index is 0.290. The third-order valence-corrected chi connectivity index (χ3v) is 5.68. The molecule has 23 heavy (non-hydrogen) atoms. The van der Waals surface area contributed by atoms with Gasteiger partial charge in [-0.05, 0) is 37.5 Å². The molecule has 2 atom stereocenters. The molecule has 1 aliphatic rings. The van der Waals surface area contributed by atoms with Crippen LogP contribution >= 0.6 is 11.8 Å². The fourth-order valence-electron chi connectivity index (χ4n) is 2.87. The van der Waals surface area contributed by atoms with E-state index in [-0.39, 0.29) is 5.91 Å². The first-order valence-corrected chi connectivity index (χ1v) is 8.79. The highest BCUT2D eigenvalue weighted by atomic mass is 32.2. The summed E-state index contributed by atoms with van der Waals surface area (Å²) in [5, 5.41) is 13.3. The summed E-state index contributed by atoms with van der Waals surface area (Å²) in [6, 6.07) is 20.2. The Kier molecular flexibility index (Phi) is 4.46. The van der Waals surface area contributed by atoms with Crippen molar-refractivity contribution in [1.82, 2.24) is 5.32 Å². The maximum Gasteiger partial charge on any atom is 0.252 e. The molecule has 2 N–H and O–H groups in total. The van der Waals surface area contributed by atoms with Crippen molar-refractivity contribution in [1.29, 1.82) is 0 Å². The van der Waals surface area contributed by atoms with Crippen molar-refractivity contribution in [2.45, 2.75) is 35.8 Å². The van der Waals surface area contributed by atoms with Gasteiger partial charge >= 0.3 is 0 Å². The van der Waals surface area contributed by atoms with Gasteiger partial charge in [0.05, 0.1) is 5.54 Å². The van der Waals surface area contributed by atoms with E-state index in [1.807, 2.05) is 48.5 Å². The molecule has 0 aliphatic carbocycles. The lowest BCUT2D eigenvalue weighted by molar-refractivity contribution is -0.145. The van der Waals surface area contributed by atoms with Gasteiger partial charge in [0.15, 0.2) is 0 Å². The van der Waals surface area contributed by atoms with Crippen molar-refractivity contribution in [3.8, 4) is 0 Å². The Bertz CT molecular complexity index is 672. The molecule has 1 amide bonds. The summed E-state index contributed by atoms with van der Waals surface area (Å²) in [6.07, 6.45) is 1.18. The van der Waals surface area contributed by atoms with Crippen LogP contribution in [0.1, 0.15) is 25.3 Å².